The van der Waals surface area contributed by atoms with Crippen molar-refractivity contribution in [2.45, 2.75) is 33.8 Å². The van der Waals surface area contributed by atoms with Gasteiger partial charge in [-0.3, -0.25) is 9.78 Å². The zero-order chi connectivity index (χ0) is 17.9. The fourth-order valence-corrected chi connectivity index (χ4v) is 2.77. The minimum atomic E-state index is -0.920. The molecule has 1 N–H and O–H groups in total. The number of carbonyl (C=O) groups excluding carboxylic acids is 2. The number of rotatable bonds is 4. The van der Waals surface area contributed by atoms with Crippen LogP contribution in [-0.2, 0) is 9.53 Å². The van der Waals surface area contributed by atoms with Crippen molar-refractivity contribution in [2.75, 3.05) is 5.32 Å². The fraction of sp³-hybridized carbons (Fsp3) is 0.278. The summed E-state index contributed by atoms with van der Waals surface area (Å²) >= 11 is 3.24. The molecule has 6 heteroatoms. The minimum absolute atomic E-state index is 0.284. The average Bonchev–Trinajstić information content (AvgIpc) is 2.50. The van der Waals surface area contributed by atoms with Crippen molar-refractivity contribution in [1.82, 2.24) is 4.98 Å². The van der Waals surface area contributed by atoms with Gasteiger partial charge < -0.3 is 10.1 Å². The Morgan fingerprint density at radius 2 is 1.75 bits per heavy atom. The molecule has 1 aromatic heterocycles. The number of nitrogens with zero attached hydrogens (tertiary/aromatic N) is 1. The smallest absolute Gasteiger partial charge is 0.340 e. The van der Waals surface area contributed by atoms with E-state index in [-0.39, 0.29) is 11.5 Å². The van der Waals surface area contributed by atoms with Crippen LogP contribution in [0.5, 0.6) is 0 Å². The maximum atomic E-state index is 12.3. The summed E-state index contributed by atoms with van der Waals surface area (Å²) in [4.78, 5) is 28.3. The summed E-state index contributed by atoms with van der Waals surface area (Å²) in [5, 5.41) is 2.83. The first-order chi connectivity index (χ1) is 11.3. The summed E-state index contributed by atoms with van der Waals surface area (Å²) in [5.41, 5.74) is 4.10. The largest absolute Gasteiger partial charge is 0.449 e. The Balaban J connectivity index is 2.06. The van der Waals surface area contributed by atoms with Gasteiger partial charge in [0.2, 0.25) is 0 Å². The highest BCUT2D eigenvalue weighted by Crippen LogP contribution is 2.22. The number of carbonyl (C=O) groups is 2. The van der Waals surface area contributed by atoms with Crippen molar-refractivity contribution in [2.24, 2.45) is 0 Å². The van der Waals surface area contributed by atoms with E-state index >= 15 is 0 Å². The normalized spacial score (nSPS) is 11.7. The van der Waals surface area contributed by atoms with Gasteiger partial charge in [0, 0.05) is 22.6 Å². The van der Waals surface area contributed by atoms with Crippen molar-refractivity contribution >= 4 is 33.5 Å². The highest BCUT2D eigenvalue weighted by Gasteiger charge is 2.20. The molecular formula is C18H19BrN2O3. The van der Waals surface area contributed by atoms with Crippen molar-refractivity contribution in [3.05, 3.63) is 57.3 Å². The van der Waals surface area contributed by atoms with Gasteiger partial charge in [0.25, 0.3) is 5.91 Å². The summed E-state index contributed by atoms with van der Waals surface area (Å²) in [7, 11) is 0. The number of amides is 1. The van der Waals surface area contributed by atoms with E-state index in [2.05, 4.69) is 26.2 Å². The maximum absolute atomic E-state index is 12.3. The summed E-state index contributed by atoms with van der Waals surface area (Å²) in [6, 6.07) is 5.58. The summed E-state index contributed by atoms with van der Waals surface area (Å²) in [5.74, 6) is -0.967. The Morgan fingerprint density at radius 3 is 2.33 bits per heavy atom. The second kappa shape index (κ2) is 7.57. The lowest BCUT2D eigenvalue weighted by Gasteiger charge is -2.17. The number of ether oxygens (including phenoxy) is 1. The van der Waals surface area contributed by atoms with Crippen molar-refractivity contribution in [1.29, 1.82) is 0 Å². The molecule has 0 aliphatic carbocycles. The lowest BCUT2D eigenvalue weighted by atomic mass is 10.0. The number of esters is 1. The monoisotopic (exact) mass is 390 g/mol. The predicted molar refractivity (Wildman–Crippen MR) is 96.1 cm³/mol. The number of nitrogens with one attached hydrogen (secondary N) is 1. The van der Waals surface area contributed by atoms with Crippen LogP contribution >= 0.6 is 15.9 Å². The number of hydrogen-bond acceptors (Lipinski definition) is 4. The molecule has 126 valence electrons. The van der Waals surface area contributed by atoms with E-state index < -0.39 is 12.1 Å². The molecule has 0 aliphatic heterocycles. The van der Waals surface area contributed by atoms with Gasteiger partial charge in [0.05, 0.1) is 5.56 Å². The average molecular weight is 391 g/mol. The van der Waals surface area contributed by atoms with Crippen LogP contribution in [0.25, 0.3) is 0 Å². The molecule has 1 aromatic carbocycles. The molecule has 0 radical (unpaired) electrons. The summed E-state index contributed by atoms with van der Waals surface area (Å²) in [6.07, 6.45) is 2.04. The van der Waals surface area contributed by atoms with Crippen molar-refractivity contribution < 1.29 is 14.3 Å². The van der Waals surface area contributed by atoms with E-state index in [1.165, 1.54) is 13.1 Å². The van der Waals surface area contributed by atoms with E-state index in [0.717, 1.165) is 22.4 Å². The number of aromatic nitrogens is 1. The van der Waals surface area contributed by atoms with Gasteiger partial charge in [-0.1, -0.05) is 17.7 Å². The van der Waals surface area contributed by atoms with Crippen molar-refractivity contribution in [3.63, 3.8) is 0 Å². The van der Waals surface area contributed by atoms with Crippen LogP contribution in [-0.4, -0.2) is 23.0 Å². The molecule has 0 fully saturated rings. The second-order valence-corrected chi connectivity index (χ2v) is 6.62. The lowest BCUT2D eigenvalue weighted by molar-refractivity contribution is -0.123. The van der Waals surface area contributed by atoms with Gasteiger partial charge in [-0.25, -0.2) is 4.79 Å². The number of halogens is 1. The van der Waals surface area contributed by atoms with E-state index in [0.29, 0.717) is 4.47 Å². The van der Waals surface area contributed by atoms with Crippen LogP contribution in [0.15, 0.2) is 35.1 Å². The Labute approximate surface area is 149 Å². The van der Waals surface area contributed by atoms with Gasteiger partial charge in [-0.15, -0.1) is 0 Å². The zero-order valence-corrected chi connectivity index (χ0v) is 15.6. The molecule has 1 amide bonds. The Bertz CT molecular complexity index is 767. The second-order valence-electron chi connectivity index (χ2n) is 5.70. The number of anilines is 1. The fourth-order valence-electron chi connectivity index (χ4n) is 2.41. The SMILES string of the molecule is Cc1cc(C)c(NC(=O)[C@@H](C)OC(=O)c2cncc(Br)c2)c(C)c1. The Kier molecular flexibility index (Phi) is 5.72. The topological polar surface area (TPSA) is 68.3 Å². The van der Waals surface area contributed by atoms with E-state index in [9.17, 15) is 9.59 Å². The third kappa shape index (κ3) is 4.41. The first-order valence-corrected chi connectivity index (χ1v) is 8.27. The van der Waals surface area contributed by atoms with Gasteiger partial charge in [0.15, 0.2) is 6.10 Å². The third-order valence-corrected chi connectivity index (χ3v) is 3.95. The number of pyridine rings is 1. The molecule has 0 spiro atoms. The van der Waals surface area contributed by atoms with E-state index in [1.807, 2.05) is 32.9 Å². The molecule has 1 heterocycles. The van der Waals surface area contributed by atoms with Crippen LogP contribution in [0.4, 0.5) is 5.69 Å². The van der Waals surface area contributed by atoms with E-state index in [1.54, 1.807) is 12.3 Å². The van der Waals surface area contributed by atoms with Crippen LogP contribution in [0.2, 0.25) is 0 Å². The molecule has 2 aromatic rings. The molecule has 0 unspecified atom stereocenters. The summed E-state index contributed by atoms with van der Waals surface area (Å²) < 4.78 is 5.88. The summed E-state index contributed by atoms with van der Waals surface area (Å²) in [6.45, 7) is 7.40. The van der Waals surface area contributed by atoms with Crippen LogP contribution in [0.3, 0.4) is 0 Å². The number of aryl methyl sites for hydroxylation is 3. The molecule has 1 atom stereocenters. The zero-order valence-electron chi connectivity index (χ0n) is 14.0. The molecule has 0 saturated heterocycles. The van der Waals surface area contributed by atoms with Gasteiger partial charge in [0.1, 0.15) is 0 Å². The molecule has 5 nitrogen and oxygen atoms in total. The van der Waals surface area contributed by atoms with Gasteiger partial charge >= 0.3 is 5.97 Å². The predicted octanol–water partition coefficient (Wildman–Crippen LogP) is 3.95. The number of hydrogen-bond donors (Lipinski definition) is 1. The Hall–Kier alpha value is -2.21. The first-order valence-electron chi connectivity index (χ1n) is 7.48. The van der Waals surface area contributed by atoms with Gasteiger partial charge in [-0.05, 0) is 60.8 Å². The lowest BCUT2D eigenvalue weighted by Crippen LogP contribution is -2.30. The van der Waals surface area contributed by atoms with Crippen LogP contribution in [0.1, 0.15) is 34.0 Å². The molecule has 0 saturated carbocycles. The maximum Gasteiger partial charge on any atom is 0.340 e. The van der Waals surface area contributed by atoms with Crippen LogP contribution in [0, 0.1) is 20.8 Å². The standard InChI is InChI=1S/C18H19BrN2O3/c1-10-5-11(2)16(12(3)6-10)21-17(22)13(4)24-18(23)14-7-15(19)9-20-8-14/h5-9,13H,1-4H3,(H,21,22)/t13-/m1/s1. The minimum Gasteiger partial charge on any atom is -0.449 e. The van der Waals surface area contributed by atoms with Crippen LogP contribution < -0.4 is 5.32 Å². The first kappa shape index (κ1) is 18.1. The molecule has 0 bridgehead atoms. The molecule has 24 heavy (non-hydrogen) atoms. The van der Waals surface area contributed by atoms with E-state index in [4.69, 9.17) is 4.74 Å². The highest BCUT2D eigenvalue weighted by atomic mass is 79.9. The van der Waals surface area contributed by atoms with Gasteiger partial charge in [-0.2, -0.15) is 0 Å². The quantitative estimate of drug-likeness (QED) is 0.802. The molecule has 0 aliphatic rings. The molecular weight excluding hydrogens is 372 g/mol. The third-order valence-electron chi connectivity index (χ3n) is 3.52. The Morgan fingerprint density at radius 1 is 1.12 bits per heavy atom. The van der Waals surface area contributed by atoms with Crippen molar-refractivity contribution in [3.8, 4) is 0 Å². The highest BCUT2D eigenvalue weighted by molar-refractivity contribution is 9.10. The number of benzene rings is 1. The molecule has 2 rings (SSSR count).